The van der Waals surface area contributed by atoms with Crippen LogP contribution in [-0.4, -0.2) is 19.6 Å². The van der Waals surface area contributed by atoms with Gasteiger partial charge in [0.25, 0.3) is 0 Å². The van der Waals surface area contributed by atoms with Crippen molar-refractivity contribution in [2.75, 3.05) is 23.9 Å². The molecule has 0 saturated heterocycles. The van der Waals surface area contributed by atoms with Gasteiger partial charge in [-0.15, -0.1) is 0 Å². The van der Waals surface area contributed by atoms with E-state index in [1.54, 1.807) is 0 Å². The Morgan fingerprint density at radius 2 is 1.32 bits per heavy atom. The number of hydrogen-bond donors (Lipinski definition) is 0. The summed E-state index contributed by atoms with van der Waals surface area (Å²) < 4.78 is 0. The predicted octanol–water partition coefficient (Wildman–Crippen LogP) is 10.9. The van der Waals surface area contributed by atoms with Crippen LogP contribution in [0, 0.1) is 0 Å². The number of likely N-dealkylation sites (N-methyl/N-ethyl adjacent to an activating group) is 2. The highest BCUT2D eigenvalue weighted by Crippen LogP contribution is 2.54. The lowest BCUT2D eigenvalue weighted by atomic mass is 9.70. The van der Waals surface area contributed by atoms with Crippen molar-refractivity contribution in [2.45, 2.75) is 70.3 Å². The van der Waals surface area contributed by atoms with Crippen LogP contribution in [0.5, 0.6) is 0 Å². The summed E-state index contributed by atoms with van der Waals surface area (Å²) in [6, 6.07) is 26.6. The summed E-state index contributed by atoms with van der Waals surface area (Å²) >= 11 is 7.22. The van der Waals surface area contributed by atoms with Gasteiger partial charge in [-0.3, -0.25) is 0 Å². The van der Waals surface area contributed by atoms with Gasteiger partial charge in [-0.1, -0.05) is 118 Å². The molecule has 4 aromatic rings. The van der Waals surface area contributed by atoms with Gasteiger partial charge in [0.1, 0.15) is 0 Å². The average molecular weight is 599 g/mol. The average Bonchev–Trinajstić information content (AvgIpc) is 3.31. The highest BCUT2D eigenvalue weighted by molar-refractivity contribution is 6.32. The molecule has 0 saturated carbocycles. The maximum Gasteiger partial charge on any atom is 0.0648 e. The lowest BCUT2D eigenvalue weighted by Crippen LogP contribution is -2.50. The van der Waals surface area contributed by atoms with Crippen LogP contribution in [0.1, 0.15) is 65.0 Å². The number of nitrogens with zero attached hydrogens (tertiary/aromatic N) is 2. The zero-order valence-electron chi connectivity index (χ0n) is 27.1. The molecule has 2 nitrogen and oxygen atoms in total. The van der Waals surface area contributed by atoms with E-state index < -0.39 is 0 Å². The van der Waals surface area contributed by atoms with Gasteiger partial charge in [-0.05, 0) is 88.2 Å². The molecule has 7 rings (SSSR count). The van der Waals surface area contributed by atoms with E-state index in [4.69, 9.17) is 11.6 Å². The van der Waals surface area contributed by atoms with Gasteiger partial charge in [0.05, 0.1) is 5.54 Å². The topological polar surface area (TPSA) is 6.48 Å². The molecule has 0 radical (unpaired) electrons. The van der Waals surface area contributed by atoms with Gasteiger partial charge in [0.2, 0.25) is 0 Å². The Balaban J connectivity index is 1.23. The highest BCUT2D eigenvalue weighted by atomic mass is 35.5. The second-order valence-electron chi connectivity index (χ2n) is 14.1. The van der Waals surface area contributed by atoms with Crippen molar-refractivity contribution in [3.8, 4) is 0 Å². The Hall–Kier alpha value is -3.75. The van der Waals surface area contributed by atoms with Gasteiger partial charge in [-0.2, -0.15) is 0 Å². The standard InChI is InChI=1S/C41H43ClN2/c1-39(2)35(43(6)33-22-19-27-13-8-10-17-31(27)36(33)39)24-21-29-15-12-16-30(38(29)42)25-26-41(5)40(3,4)37-32-18-11-9-14-28(32)20-23-34(37)44(41)7/h8-11,13-14,17-26H,12,15-16H2,1-7H3/b26-25+,29-21+,35-24-. The molecule has 0 bridgehead atoms. The maximum atomic E-state index is 7.22. The van der Waals surface area contributed by atoms with Crippen LogP contribution in [-0.2, 0) is 10.8 Å². The first-order valence-electron chi connectivity index (χ1n) is 16.0. The van der Waals surface area contributed by atoms with E-state index in [2.05, 4.69) is 156 Å². The first-order chi connectivity index (χ1) is 21.0. The molecule has 1 atom stereocenters. The van der Waals surface area contributed by atoms with Gasteiger partial charge >= 0.3 is 0 Å². The second-order valence-corrected chi connectivity index (χ2v) is 14.5. The Kier molecular flexibility index (Phi) is 6.68. The molecular formula is C41H43ClN2. The molecule has 0 spiro atoms. The fourth-order valence-corrected chi connectivity index (χ4v) is 8.60. The van der Waals surface area contributed by atoms with Gasteiger partial charge in [0.15, 0.2) is 0 Å². The number of benzene rings is 4. The molecule has 3 heteroatoms. The number of hydrogen-bond acceptors (Lipinski definition) is 2. The molecular weight excluding hydrogens is 556 g/mol. The van der Waals surface area contributed by atoms with Crippen molar-refractivity contribution in [1.82, 2.24) is 0 Å². The minimum atomic E-state index is -0.196. The summed E-state index contributed by atoms with van der Waals surface area (Å²) in [5, 5.41) is 6.19. The summed E-state index contributed by atoms with van der Waals surface area (Å²) in [6.07, 6.45) is 12.4. The van der Waals surface area contributed by atoms with E-state index in [1.807, 2.05) is 0 Å². The van der Waals surface area contributed by atoms with Crippen LogP contribution in [0.2, 0.25) is 0 Å². The largest absolute Gasteiger partial charge is 0.365 e. The number of rotatable bonds is 3. The molecule has 224 valence electrons. The Bertz CT molecular complexity index is 1950. The number of anilines is 2. The molecule has 1 unspecified atom stereocenters. The molecule has 4 aromatic carbocycles. The van der Waals surface area contributed by atoms with Crippen LogP contribution in [0.25, 0.3) is 21.5 Å². The van der Waals surface area contributed by atoms with Crippen molar-refractivity contribution in [3.05, 3.63) is 130 Å². The molecule has 0 fully saturated rings. The monoisotopic (exact) mass is 598 g/mol. The number of halogens is 1. The minimum absolute atomic E-state index is 0.0863. The third-order valence-corrected chi connectivity index (χ3v) is 11.7. The third kappa shape index (κ3) is 4.07. The third-order valence-electron chi connectivity index (χ3n) is 11.3. The Morgan fingerprint density at radius 3 is 2.00 bits per heavy atom. The molecule has 0 aromatic heterocycles. The molecule has 2 aliphatic heterocycles. The van der Waals surface area contributed by atoms with Crippen molar-refractivity contribution in [1.29, 1.82) is 0 Å². The van der Waals surface area contributed by atoms with Crippen LogP contribution >= 0.6 is 11.6 Å². The number of allylic oxidation sites excluding steroid dienone is 7. The van der Waals surface area contributed by atoms with Crippen molar-refractivity contribution >= 4 is 44.5 Å². The normalized spacial score (nSPS) is 24.4. The summed E-state index contributed by atoms with van der Waals surface area (Å²) in [4.78, 5) is 4.82. The number of fused-ring (bicyclic) bond motifs is 6. The van der Waals surface area contributed by atoms with Crippen molar-refractivity contribution < 1.29 is 0 Å². The summed E-state index contributed by atoms with van der Waals surface area (Å²) in [6.45, 7) is 11.8. The summed E-state index contributed by atoms with van der Waals surface area (Å²) in [7, 11) is 4.43. The SMILES string of the molecule is CN1/C(=C\C=C2/CCCC(/C=C/C3(C)N(C)c4ccc5ccccc5c4C3(C)C)=C2Cl)C(C)(C)c2c1ccc1ccccc21. The molecule has 0 N–H and O–H groups in total. The van der Waals surface area contributed by atoms with Gasteiger partial charge < -0.3 is 9.80 Å². The summed E-state index contributed by atoms with van der Waals surface area (Å²) in [5.41, 5.74) is 8.81. The fraction of sp³-hybridized carbons (Fsp3) is 0.317. The zero-order valence-corrected chi connectivity index (χ0v) is 27.9. The molecule has 1 aliphatic carbocycles. The Labute approximate surface area is 268 Å². The van der Waals surface area contributed by atoms with Crippen molar-refractivity contribution in [3.63, 3.8) is 0 Å². The maximum absolute atomic E-state index is 7.22. The van der Waals surface area contributed by atoms with E-state index in [9.17, 15) is 0 Å². The molecule has 3 aliphatic rings. The summed E-state index contributed by atoms with van der Waals surface area (Å²) in [5.74, 6) is 0. The second kappa shape index (κ2) is 10.1. The predicted molar refractivity (Wildman–Crippen MR) is 191 cm³/mol. The molecule has 2 heterocycles. The van der Waals surface area contributed by atoms with E-state index in [-0.39, 0.29) is 16.4 Å². The van der Waals surface area contributed by atoms with E-state index in [0.29, 0.717) is 0 Å². The first-order valence-corrected chi connectivity index (χ1v) is 16.4. The van der Waals surface area contributed by atoms with Crippen molar-refractivity contribution in [2.24, 2.45) is 0 Å². The highest BCUT2D eigenvalue weighted by Gasteiger charge is 2.51. The fourth-order valence-electron chi connectivity index (χ4n) is 8.28. The van der Waals surface area contributed by atoms with Crippen LogP contribution in [0.4, 0.5) is 11.4 Å². The lowest BCUT2D eigenvalue weighted by molar-refractivity contribution is 0.363. The van der Waals surface area contributed by atoms with E-state index >= 15 is 0 Å². The van der Waals surface area contributed by atoms with Crippen LogP contribution in [0.15, 0.2) is 119 Å². The smallest absolute Gasteiger partial charge is 0.0648 e. The quantitative estimate of drug-likeness (QED) is 0.231. The minimum Gasteiger partial charge on any atom is -0.365 e. The zero-order chi connectivity index (χ0) is 31.0. The Morgan fingerprint density at radius 1 is 0.705 bits per heavy atom. The van der Waals surface area contributed by atoms with Gasteiger partial charge in [-0.25, -0.2) is 0 Å². The van der Waals surface area contributed by atoms with E-state index in [1.165, 1.54) is 60.9 Å². The molecule has 44 heavy (non-hydrogen) atoms. The first kappa shape index (κ1) is 29.0. The van der Waals surface area contributed by atoms with Crippen LogP contribution < -0.4 is 9.80 Å². The van der Waals surface area contributed by atoms with Gasteiger partial charge in [0, 0.05) is 47.0 Å². The molecule has 0 amide bonds. The van der Waals surface area contributed by atoms with Crippen LogP contribution in [0.3, 0.4) is 0 Å². The van der Waals surface area contributed by atoms with E-state index in [0.717, 1.165) is 24.3 Å². The lowest BCUT2D eigenvalue weighted by Gasteiger charge is -2.42.